The summed E-state index contributed by atoms with van der Waals surface area (Å²) in [6, 6.07) is 5.91. The van der Waals surface area contributed by atoms with Gasteiger partial charge in [-0.3, -0.25) is 14.4 Å². The molecule has 1 atom stereocenters. The average Bonchev–Trinajstić information content (AvgIpc) is 3.57. The second-order valence-corrected chi connectivity index (χ2v) is 13.3. The molecule has 40 heavy (non-hydrogen) atoms. The van der Waals surface area contributed by atoms with Crippen LogP contribution in [0.2, 0.25) is 5.02 Å². The molecule has 2 saturated heterocycles. The predicted molar refractivity (Wildman–Crippen MR) is 147 cm³/mol. The van der Waals surface area contributed by atoms with Crippen molar-refractivity contribution in [1.29, 1.82) is 0 Å². The maximum atomic E-state index is 13.7. The Hall–Kier alpha value is -3.04. The first-order chi connectivity index (χ1) is 19.2. The first-order valence-corrected chi connectivity index (χ1v) is 15.5. The second-order valence-electron chi connectivity index (χ2n) is 9.92. The van der Waals surface area contributed by atoms with E-state index in [9.17, 15) is 22.8 Å². The van der Waals surface area contributed by atoms with Crippen LogP contribution in [0.15, 0.2) is 29.3 Å². The van der Waals surface area contributed by atoms with Crippen LogP contribution < -0.4 is 5.32 Å². The van der Waals surface area contributed by atoms with E-state index in [1.807, 2.05) is 0 Å². The molecule has 6 rings (SSSR count). The highest BCUT2D eigenvalue weighted by molar-refractivity contribution is 7.89. The number of fused-ring (bicyclic) bond motifs is 2. The molecule has 15 heteroatoms. The number of ether oxygens (including phenoxy) is 1. The quantitative estimate of drug-likeness (QED) is 0.444. The number of rotatable bonds is 5. The highest BCUT2D eigenvalue weighted by atomic mass is 35.5. The lowest BCUT2D eigenvalue weighted by Crippen LogP contribution is -2.58. The number of piperazine rings is 1. The Morgan fingerprint density at radius 1 is 1.15 bits per heavy atom. The molecule has 0 aliphatic carbocycles. The summed E-state index contributed by atoms with van der Waals surface area (Å²) in [4.78, 5) is 50.1. The molecule has 0 bridgehead atoms. The van der Waals surface area contributed by atoms with Gasteiger partial charge in [0.2, 0.25) is 11.8 Å². The van der Waals surface area contributed by atoms with Crippen molar-refractivity contribution < 1.29 is 27.5 Å². The largest absolute Gasteiger partial charge is 0.378 e. The fourth-order valence-electron chi connectivity index (χ4n) is 5.25. The lowest BCUT2D eigenvalue weighted by molar-refractivity contribution is -0.136. The Morgan fingerprint density at radius 2 is 1.95 bits per heavy atom. The number of aromatic amines is 1. The number of thiazole rings is 1. The fraction of sp³-hybridized carbons (Fsp3) is 0.440. The lowest BCUT2D eigenvalue weighted by Gasteiger charge is -2.41. The van der Waals surface area contributed by atoms with Crippen molar-refractivity contribution in [2.75, 3.05) is 45.9 Å². The van der Waals surface area contributed by atoms with Crippen molar-refractivity contribution >= 4 is 61.6 Å². The number of amides is 3. The molecular weight excluding hydrogens is 580 g/mol. The van der Waals surface area contributed by atoms with Gasteiger partial charge in [-0.2, -0.15) is 4.31 Å². The zero-order valence-electron chi connectivity index (χ0n) is 21.4. The monoisotopic (exact) mass is 606 g/mol. The Labute approximate surface area is 239 Å². The summed E-state index contributed by atoms with van der Waals surface area (Å²) < 4.78 is 34.0. The van der Waals surface area contributed by atoms with Gasteiger partial charge in [-0.1, -0.05) is 11.6 Å². The molecule has 1 aromatic carbocycles. The van der Waals surface area contributed by atoms with Crippen LogP contribution >= 0.6 is 22.9 Å². The van der Waals surface area contributed by atoms with Crippen LogP contribution in [0.5, 0.6) is 0 Å². The molecule has 212 valence electrons. The van der Waals surface area contributed by atoms with E-state index in [1.54, 1.807) is 28.0 Å². The molecule has 0 saturated carbocycles. The van der Waals surface area contributed by atoms with Crippen molar-refractivity contribution in [2.24, 2.45) is 0 Å². The minimum atomic E-state index is -3.96. The normalized spacial score (nSPS) is 20.4. The van der Waals surface area contributed by atoms with Crippen LogP contribution in [0, 0.1) is 0 Å². The van der Waals surface area contributed by atoms with E-state index in [2.05, 4.69) is 15.3 Å². The highest BCUT2D eigenvalue weighted by Gasteiger charge is 2.40. The number of aromatic nitrogens is 2. The summed E-state index contributed by atoms with van der Waals surface area (Å²) in [6.45, 7) is 2.16. The van der Waals surface area contributed by atoms with E-state index in [0.29, 0.717) is 54.5 Å². The minimum Gasteiger partial charge on any atom is -0.378 e. The van der Waals surface area contributed by atoms with Crippen molar-refractivity contribution in [3.8, 4) is 0 Å². The molecular formula is C25H27ClN6O6S2. The number of hydrogen-bond donors (Lipinski definition) is 2. The van der Waals surface area contributed by atoms with E-state index in [4.69, 9.17) is 16.3 Å². The topological polar surface area (TPSA) is 145 Å². The van der Waals surface area contributed by atoms with Gasteiger partial charge in [0.25, 0.3) is 15.9 Å². The summed E-state index contributed by atoms with van der Waals surface area (Å²) in [5, 5.41) is 4.17. The van der Waals surface area contributed by atoms with Gasteiger partial charge in [-0.05, 0) is 24.3 Å². The van der Waals surface area contributed by atoms with Crippen LogP contribution in [0.1, 0.15) is 26.8 Å². The Morgan fingerprint density at radius 3 is 2.75 bits per heavy atom. The van der Waals surface area contributed by atoms with E-state index < -0.39 is 16.1 Å². The summed E-state index contributed by atoms with van der Waals surface area (Å²) in [7, 11) is -3.96. The number of hydrogen-bond acceptors (Lipinski definition) is 8. The van der Waals surface area contributed by atoms with Crippen LogP contribution in [-0.2, 0) is 37.3 Å². The second kappa shape index (κ2) is 10.7. The summed E-state index contributed by atoms with van der Waals surface area (Å²) >= 11 is 7.30. The Bertz CT molecular complexity index is 1600. The van der Waals surface area contributed by atoms with E-state index in [0.717, 1.165) is 4.88 Å². The van der Waals surface area contributed by atoms with E-state index in [-0.39, 0.29) is 60.2 Å². The number of benzene rings is 1. The summed E-state index contributed by atoms with van der Waals surface area (Å²) in [5.74, 6) is -0.688. The van der Waals surface area contributed by atoms with Crippen molar-refractivity contribution in [2.45, 2.75) is 30.5 Å². The van der Waals surface area contributed by atoms with Gasteiger partial charge in [0.1, 0.15) is 5.03 Å². The molecule has 2 N–H and O–H groups in total. The molecule has 5 heterocycles. The van der Waals surface area contributed by atoms with Crippen LogP contribution in [0.3, 0.4) is 0 Å². The molecule has 2 fully saturated rings. The molecule has 1 unspecified atom stereocenters. The minimum absolute atomic E-state index is 0.0209. The third-order valence-electron chi connectivity index (χ3n) is 7.39. The van der Waals surface area contributed by atoms with Crippen LogP contribution in [-0.4, -0.2) is 102 Å². The SMILES string of the molecule is O=C1Cc2nc(C(=O)N3CCN(S(=O)(=O)c4cc5cc(Cl)ccc5[nH]4)CC3CC(=O)N3CCOCC3)sc2CN1. The van der Waals surface area contributed by atoms with Gasteiger partial charge < -0.3 is 24.8 Å². The lowest BCUT2D eigenvalue weighted by atomic mass is 10.1. The number of nitrogens with zero attached hydrogens (tertiary/aromatic N) is 4. The molecule has 0 radical (unpaired) electrons. The number of morpholine rings is 1. The van der Waals surface area contributed by atoms with Crippen molar-refractivity contribution in [1.82, 2.24) is 29.4 Å². The molecule has 12 nitrogen and oxygen atoms in total. The van der Waals surface area contributed by atoms with Gasteiger partial charge >= 0.3 is 0 Å². The van der Waals surface area contributed by atoms with Crippen molar-refractivity contribution in [3.63, 3.8) is 0 Å². The zero-order chi connectivity index (χ0) is 28.0. The third-order valence-corrected chi connectivity index (χ3v) is 10.5. The number of halogens is 1. The van der Waals surface area contributed by atoms with Gasteiger partial charge in [-0.15, -0.1) is 11.3 Å². The maximum absolute atomic E-state index is 13.7. The number of carbonyl (C=O) groups excluding carboxylic acids is 3. The number of nitrogens with one attached hydrogen (secondary N) is 2. The van der Waals surface area contributed by atoms with Gasteiger partial charge in [-0.25, -0.2) is 13.4 Å². The predicted octanol–water partition coefficient (Wildman–Crippen LogP) is 1.21. The molecule has 3 amide bonds. The Balaban J connectivity index is 1.27. The Kier molecular flexibility index (Phi) is 7.29. The smallest absolute Gasteiger partial charge is 0.283 e. The first kappa shape index (κ1) is 27.1. The highest BCUT2D eigenvalue weighted by Crippen LogP contribution is 2.29. The molecule has 0 spiro atoms. The fourth-order valence-corrected chi connectivity index (χ4v) is 7.89. The van der Waals surface area contributed by atoms with E-state index >= 15 is 0 Å². The van der Waals surface area contributed by atoms with Crippen LogP contribution in [0.25, 0.3) is 10.9 Å². The molecule has 2 aromatic heterocycles. The zero-order valence-corrected chi connectivity index (χ0v) is 23.8. The van der Waals surface area contributed by atoms with Gasteiger partial charge in [0, 0.05) is 59.9 Å². The summed E-state index contributed by atoms with van der Waals surface area (Å²) in [6.07, 6.45) is 0.0744. The molecule has 3 aliphatic rings. The van der Waals surface area contributed by atoms with Gasteiger partial charge in [0.15, 0.2) is 5.01 Å². The van der Waals surface area contributed by atoms with E-state index in [1.165, 1.54) is 21.7 Å². The van der Waals surface area contributed by atoms with Gasteiger partial charge in [0.05, 0.1) is 37.9 Å². The number of H-pyrrole nitrogens is 1. The average molecular weight is 607 g/mol. The first-order valence-electron chi connectivity index (χ1n) is 12.9. The number of carbonyl (C=O) groups is 3. The number of sulfonamides is 1. The standard InChI is InChI=1S/C25H27ClN6O6S2/c26-16-1-2-18-15(9-16)10-22(28-18)40(36,37)31-3-4-32(17(14-31)11-23(34)30-5-7-38-8-6-30)25(35)24-29-19-12-21(33)27-13-20(19)39-24/h1-2,9-10,17,28H,3-8,11-14H2,(H,27,33). The molecule has 3 aromatic rings. The maximum Gasteiger partial charge on any atom is 0.283 e. The summed E-state index contributed by atoms with van der Waals surface area (Å²) in [5.41, 5.74) is 1.22. The van der Waals surface area contributed by atoms with Crippen LogP contribution in [0.4, 0.5) is 0 Å². The third kappa shape index (κ3) is 5.21. The van der Waals surface area contributed by atoms with Crippen molar-refractivity contribution in [3.05, 3.63) is 44.9 Å². The molecule has 3 aliphatic heterocycles.